The molecular formula is C13H24N2O4. The number of carbonyl (C=O) groups is 2. The second-order valence-corrected chi connectivity index (χ2v) is 4.95. The summed E-state index contributed by atoms with van der Waals surface area (Å²) in [6, 6.07) is -0.906. The number of urea groups is 1. The normalized spacial score (nSPS) is 23.2. The van der Waals surface area contributed by atoms with E-state index in [1.54, 1.807) is 12.0 Å². The van der Waals surface area contributed by atoms with Crippen LogP contribution >= 0.6 is 0 Å². The lowest BCUT2D eigenvalue weighted by atomic mass is 9.91. The Morgan fingerprint density at radius 3 is 2.68 bits per heavy atom. The van der Waals surface area contributed by atoms with Crippen LogP contribution in [0.1, 0.15) is 26.7 Å². The predicted octanol–water partition coefficient (Wildman–Crippen LogP) is 1.26. The zero-order chi connectivity index (χ0) is 14.4. The van der Waals surface area contributed by atoms with Gasteiger partial charge >= 0.3 is 12.0 Å². The van der Waals surface area contributed by atoms with E-state index >= 15 is 0 Å². The molecule has 0 aromatic carbocycles. The molecule has 1 aliphatic heterocycles. The number of piperidine rings is 1. The lowest BCUT2D eigenvalue weighted by molar-refractivity contribution is -0.145. The van der Waals surface area contributed by atoms with E-state index in [0.29, 0.717) is 26.2 Å². The van der Waals surface area contributed by atoms with Gasteiger partial charge < -0.3 is 19.6 Å². The molecule has 0 aromatic heterocycles. The largest absolute Gasteiger partial charge is 0.480 e. The first-order valence-corrected chi connectivity index (χ1v) is 6.80. The number of methoxy groups -OCH3 is 1. The lowest BCUT2D eigenvalue weighted by Crippen LogP contribution is -2.56. The van der Waals surface area contributed by atoms with Crippen LogP contribution in [0.3, 0.4) is 0 Å². The number of aliphatic carboxylic acids is 1. The van der Waals surface area contributed by atoms with Crippen LogP contribution in [0, 0.1) is 5.92 Å². The highest BCUT2D eigenvalue weighted by atomic mass is 16.5. The topological polar surface area (TPSA) is 70.1 Å². The van der Waals surface area contributed by atoms with Crippen molar-refractivity contribution in [3.8, 4) is 0 Å². The molecular weight excluding hydrogens is 248 g/mol. The fourth-order valence-electron chi connectivity index (χ4n) is 2.55. The van der Waals surface area contributed by atoms with Gasteiger partial charge in [0.2, 0.25) is 0 Å². The molecule has 0 spiro atoms. The van der Waals surface area contributed by atoms with Crippen molar-refractivity contribution in [3.05, 3.63) is 0 Å². The van der Waals surface area contributed by atoms with Gasteiger partial charge in [-0.05, 0) is 25.7 Å². The van der Waals surface area contributed by atoms with Gasteiger partial charge in [-0.2, -0.15) is 0 Å². The second kappa shape index (κ2) is 7.33. The van der Waals surface area contributed by atoms with E-state index in [4.69, 9.17) is 4.74 Å². The molecule has 0 bridgehead atoms. The molecule has 0 aliphatic carbocycles. The van der Waals surface area contributed by atoms with Gasteiger partial charge in [0.1, 0.15) is 6.04 Å². The molecule has 6 heteroatoms. The summed E-state index contributed by atoms with van der Waals surface area (Å²) in [4.78, 5) is 26.9. The number of rotatable bonds is 5. The zero-order valence-electron chi connectivity index (χ0n) is 12.0. The van der Waals surface area contributed by atoms with Crippen LogP contribution < -0.4 is 0 Å². The van der Waals surface area contributed by atoms with E-state index in [9.17, 15) is 14.7 Å². The van der Waals surface area contributed by atoms with Gasteiger partial charge in [-0.3, -0.25) is 0 Å². The van der Waals surface area contributed by atoms with Crippen LogP contribution in [-0.4, -0.2) is 66.3 Å². The Morgan fingerprint density at radius 1 is 1.47 bits per heavy atom. The van der Waals surface area contributed by atoms with Crippen molar-refractivity contribution in [2.75, 3.05) is 33.4 Å². The van der Waals surface area contributed by atoms with Gasteiger partial charge in [-0.15, -0.1) is 0 Å². The van der Waals surface area contributed by atoms with E-state index in [-0.39, 0.29) is 11.9 Å². The minimum absolute atomic E-state index is 0.00340. The summed E-state index contributed by atoms with van der Waals surface area (Å²) < 4.78 is 4.98. The molecule has 1 N–H and O–H groups in total. The van der Waals surface area contributed by atoms with Crippen molar-refractivity contribution in [1.82, 2.24) is 9.80 Å². The highest BCUT2D eigenvalue weighted by molar-refractivity contribution is 5.83. The van der Waals surface area contributed by atoms with Crippen molar-refractivity contribution in [3.63, 3.8) is 0 Å². The molecule has 1 rings (SSSR count). The first-order valence-electron chi connectivity index (χ1n) is 6.80. The van der Waals surface area contributed by atoms with Crippen LogP contribution in [0.25, 0.3) is 0 Å². The molecule has 2 amide bonds. The molecule has 110 valence electrons. The summed E-state index contributed by atoms with van der Waals surface area (Å²) in [7, 11) is 1.58. The van der Waals surface area contributed by atoms with Gasteiger partial charge in [-0.25, -0.2) is 9.59 Å². The quantitative estimate of drug-likeness (QED) is 0.818. The van der Waals surface area contributed by atoms with Gasteiger partial charge in [0, 0.05) is 26.7 Å². The van der Waals surface area contributed by atoms with Crippen molar-refractivity contribution in [2.45, 2.75) is 32.7 Å². The highest BCUT2D eigenvalue weighted by Crippen LogP contribution is 2.24. The average Bonchev–Trinajstić information content (AvgIpc) is 2.38. The number of nitrogens with zero attached hydrogens (tertiary/aromatic N) is 2. The summed E-state index contributed by atoms with van der Waals surface area (Å²) >= 11 is 0. The maximum atomic E-state index is 12.4. The summed E-state index contributed by atoms with van der Waals surface area (Å²) in [5.74, 6) is -0.917. The molecule has 1 aliphatic rings. The fourth-order valence-corrected chi connectivity index (χ4v) is 2.55. The van der Waals surface area contributed by atoms with Gasteiger partial charge in [0.15, 0.2) is 0 Å². The van der Waals surface area contributed by atoms with Crippen LogP contribution in [-0.2, 0) is 9.53 Å². The van der Waals surface area contributed by atoms with E-state index in [2.05, 4.69) is 0 Å². The molecule has 2 unspecified atom stereocenters. The number of ether oxygens (including phenoxy) is 1. The third-order valence-electron chi connectivity index (χ3n) is 3.65. The van der Waals surface area contributed by atoms with Crippen LogP contribution in [0.15, 0.2) is 0 Å². The van der Waals surface area contributed by atoms with Crippen molar-refractivity contribution < 1.29 is 19.4 Å². The number of likely N-dealkylation sites (tertiary alicyclic amines) is 1. The molecule has 0 radical (unpaired) electrons. The summed E-state index contributed by atoms with van der Waals surface area (Å²) in [6.45, 7) is 5.80. The summed E-state index contributed by atoms with van der Waals surface area (Å²) in [6.07, 6.45) is 1.71. The summed E-state index contributed by atoms with van der Waals surface area (Å²) in [5, 5.41) is 9.32. The van der Waals surface area contributed by atoms with Crippen LogP contribution in [0.4, 0.5) is 4.79 Å². The molecule has 1 heterocycles. The molecule has 1 saturated heterocycles. The molecule has 2 atom stereocenters. The third-order valence-corrected chi connectivity index (χ3v) is 3.65. The maximum Gasteiger partial charge on any atom is 0.326 e. The van der Waals surface area contributed by atoms with Gasteiger partial charge in [0.25, 0.3) is 0 Å². The number of hydrogen-bond donors (Lipinski definition) is 1. The Balaban J connectivity index is 2.78. The van der Waals surface area contributed by atoms with Crippen LogP contribution in [0.2, 0.25) is 0 Å². The van der Waals surface area contributed by atoms with E-state index < -0.39 is 12.0 Å². The molecule has 0 saturated carbocycles. The smallest absolute Gasteiger partial charge is 0.326 e. The Bertz CT molecular complexity index is 322. The van der Waals surface area contributed by atoms with Gasteiger partial charge in [-0.1, -0.05) is 6.92 Å². The first-order chi connectivity index (χ1) is 9.02. The Kier molecular flexibility index (Phi) is 6.08. The molecule has 6 nitrogen and oxygen atoms in total. The minimum Gasteiger partial charge on any atom is -0.480 e. The predicted molar refractivity (Wildman–Crippen MR) is 71.0 cm³/mol. The monoisotopic (exact) mass is 272 g/mol. The average molecular weight is 272 g/mol. The lowest BCUT2D eigenvalue weighted by Gasteiger charge is -2.39. The fraction of sp³-hybridized carbons (Fsp3) is 0.846. The van der Waals surface area contributed by atoms with Gasteiger partial charge in [0.05, 0.1) is 6.61 Å². The molecule has 0 aromatic rings. The third kappa shape index (κ3) is 3.83. The standard InChI is InChI=1S/C13H24N2O4/c1-4-14(8-9-19-3)13(18)15-7-5-6-10(2)11(15)12(16)17/h10-11H,4-9H2,1-3H3,(H,16,17). The van der Waals surface area contributed by atoms with Crippen molar-refractivity contribution in [1.29, 1.82) is 0 Å². The number of carboxylic acid groups (broad SMARTS) is 1. The maximum absolute atomic E-state index is 12.4. The van der Waals surface area contributed by atoms with Crippen LogP contribution in [0.5, 0.6) is 0 Å². The first kappa shape index (κ1) is 15.8. The van der Waals surface area contributed by atoms with E-state index in [1.165, 1.54) is 4.90 Å². The number of amides is 2. The number of hydrogen-bond acceptors (Lipinski definition) is 3. The second-order valence-electron chi connectivity index (χ2n) is 4.95. The van der Waals surface area contributed by atoms with Crippen molar-refractivity contribution in [2.24, 2.45) is 5.92 Å². The van der Waals surface area contributed by atoms with E-state index in [0.717, 1.165) is 12.8 Å². The number of likely N-dealkylation sites (N-methyl/N-ethyl adjacent to an activating group) is 1. The number of carbonyl (C=O) groups excluding carboxylic acids is 1. The Labute approximate surface area is 114 Å². The highest BCUT2D eigenvalue weighted by Gasteiger charge is 2.38. The molecule has 1 fully saturated rings. The minimum atomic E-state index is -0.914. The SMILES string of the molecule is CCN(CCOC)C(=O)N1CCCC(C)C1C(=O)O. The zero-order valence-corrected chi connectivity index (χ0v) is 12.0. The summed E-state index contributed by atoms with van der Waals surface area (Å²) in [5.41, 5.74) is 0. The molecule has 19 heavy (non-hydrogen) atoms. The Morgan fingerprint density at radius 2 is 2.16 bits per heavy atom. The number of carboxylic acids is 1. The Hall–Kier alpha value is -1.30. The van der Waals surface area contributed by atoms with Crippen molar-refractivity contribution >= 4 is 12.0 Å². The van der Waals surface area contributed by atoms with E-state index in [1.807, 2.05) is 13.8 Å².